The molecule has 9 heteroatoms. The van der Waals surface area contributed by atoms with Gasteiger partial charge >= 0.3 is 0 Å². The first kappa shape index (κ1) is 26.0. The van der Waals surface area contributed by atoms with E-state index in [2.05, 4.69) is 15.6 Å². The summed E-state index contributed by atoms with van der Waals surface area (Å²) in [6, 6.07) is 8.21. The quantitative estimate of drug-likeness (QED) is 0.302. The SMILES string of the molecule is CCCS(=O)(=O)N1CCC(NC(=NC)NCC(C)Oc2cccc(C)c2)CC1.I. The summed E-state index contributed by atoms with van der Waals surface area (Å²) in [7, 11) is -1.36. The average molecular weight is 538 g/mol. The highest BCUT2D eigenvalue weighted by Crippen LogP contribution is 2.15. The molecule has 0 aliphatic carbocycles. The Bertz CT molecular complexity index is 750. The van der Waals surface area contributed by atoms with Crippen LogP contribution in [0.2, 0.25) is 0 Å². The van der Waals surface area contributed by atoms with Crippen molar-refractivity contribution in [1.82, 2.24) is 14.9 Å². The van der Waals surface area contributed by atoms with Crippen molar-refractivity contribution in [3.63, 3.8) is 0 Å². The highest BCUT2D eigenvalue weighted by molar-refractivity contribution is 14.0. The lowest BCUT2D eigenvalue weighted by Gasteiger charge is -2.32. The number of hydrogen-bond acceptors (Lipinski definition) is 4. The summed E-state index contributed by atoms with van der Waals surface area (Å²) in [5.41, 5.74) is 1.17. The zero-order valence-corrected chi connectivity index (χ0v) is 21.0. The number of benzene rings is 1. The van der Waals surface area contributed by atoms with E-state index < -0.39 is 10.0 Å². The van der Waals surface area contributed by atoms with Crippen LogP contribution in [0.3, 0.4) is 0 Å². The summed E-state index contributed by atoms with van der Waals surface area (Å²) in [5.74, 6) is 1.81. The van der Waals surface area contributed by atoms with Gasteiger partial charge in [0.05, 0.1) is 12.3 Å². The summed E-state index contributed by atoms with van der Waals surface area (Å²) in [4.78, 5) is 4.28. The molecule has 166 valence electrons. The second-order valence-electron chi connectivity index (χ2n) is 7.33. The number of nitrogens with one attached hydrogen (secondary N) is 2. The smallest absolute Gasteiger partial charge is 0.214 e. The van der Waals surface area contributed by atoms with Crippen LogP contribution in [0.4, 0.5) is 0 Å². The number of piperidine rings is 1. The number of rotatable bonds is 8. The molecule has 1 saturated heterocycles. The van der Waals surface area contributed by atoms with Gasteiger partial charge < -0.3 is 15.4 Å². The van der Waals surface area contributed by atoms with Crippen molar-refractivity contribution in [3.05, 3.63) is 29.8 Å². The Hall–Kier alpha value is -1.07. The van der Waals surface area contributed by atoms with E-state index in [0.717, 1.165) is 24.6 Å². The number of guanidine groups is 1. The maximum Gasteiger partial charge on any atom is 0.214 e. The normalized spacial score (nSPS) is 17.3. The Morgan fingerprint density at radius 3 is 2.62 bits per heavy atom. The molecule has 0 bridgehead atoms. The van der Waals surface area contributed by atoms with Crippen LogP contribution >= 0.6 is 24.0 Å². The summed E-state index contributed by atoms with van der Waals surface area (Å²) in [6.07, 6.45) is 2.19. The van der Waals surface area contributed by atoms with Gasteiger partial charge in [-0.15, -0.1) is 24.0 Å². The average Bonchev–Trinajstić information content (AvgIpc) is 2.65. The molecule has 1 aromatic carbocycles. The van der Waals surface area contributed by atoms with E-state index in [-0.39, 0.29) is 41.9 Å². The number of halogens is 1. The van der Waals surface area contributed by atoms with Gasteiger partial charge in [-0.3, -0.25) is 4.99 Å². The Labute approximate surface area is 192 Å². The van der Waals surface area contributed by atoms with Crippen molar-refractivity contribution < 1.29 is 13.2 Å². The van der Waals surface area contributed by atoms with E-state index in [9.17, 15) is 8.42 Å². The van der Waals surface area contributed by atoms with Crippen LogP contribution in [0, 0.1) is 6.92 Å². The lowest BCUT2D eigenvalue weighted by Crippen LogP contribution is -2.51. The van der Waals surface area contributed by atoms with Crippen LogP contribution in [0.1, 0.15) is 38.7 Å². The van der Waals surface area contributed by atoms with E-state index in [1.807, 2.05) is 45.0 Å². The highest BCUT2D eigenvalue weighted by atomic mass is 127. The summed E-state index contributed by atoms with van der Waals surface area (Å²) < 4.78 is 31.9. The van der Waals surface area contributed by atoms with Crippen LogP contribution in [-0.2, 0) is 10.0 Å². The topological polar surface area (TPSA) is 83.0 Å². The van der Waals surface area contributed by atoms with Crippen LogP contribution in [0.5, 0.6) is 5.75 Å². The van der Waals surface area contributed by atoms with Gasteiger partial charge in [0, 0.05) is 26.2 Å². The number of nitrogens with zero attached hydrogens (tertiary/aromatic N) is 2. The van der Waals surface area contributed by atoms with Gasteiger partial charge in [-0.25, -0.2) is 12.7 Å². The Morgan fingerprint density at radius 2 is 2.03 bits per heavy atom. The zero-order chi connectivity index (χ0) is 20.6. The van der Waals surface area contributed by atoms with Crippen molar-refractivity contribution in [2.45, 2.75) is 52.2 Å². The third-order valence-electron chi connectivity index (χ3n) is 4.76. The molecule has 7 nitrogen and oxygen atoms in total. The van der Waals surface area contributed by atoms with Gasteiger partial charge in [-0.2, -0.15) is 0 Å². The Kier molecular flexibility index (Phi) is 11.3. The first-order chi connectivity index (χ1) is 13.3. The van der Waals surface area contributed by atoms with E-state index in [0.29, 0.717) is 26.1 Å². The van der Waals surface area contributed by atoms with Crippen molar-refractivity contribution >= 4 is 40.0 Å². The molecular weight excluding hydrogens is 503 g/mol. The number of sulfonamides is 1. The molecule has 2 rings (SSSR count). The van der Waals surface area contributed by atoms with Gasteiger partial charge in [0.2, 0.25) is 10.0 Å². The summed E-state index contributed by atoms with van der Waals surface area (Å²) >= 11 is 0. The lowest BCUT2D eigenvalue weighted by atomic mass is 10.1. The van der Waals surface area contributed by atoms with Crippen molar-refractivity contribution in [2.75, 3.05) is 32.4 Å². The molecule has 1 fully saturated rings. The standard InChI is InChI=1S/C20H34N4O3S.HI/c1-5-13-28(25,26)24-11-9-18(10-12-24)23-20(21-4)22-15-17(3)27-19-8-6-7-16(2)14-19;/h6-8,14,17-18H,5,9-13,15H2,1-4H3,(H2,21,22,23);1H. The molecule has 1 aromatic rings. The fraction of sp³-hybridized carbons (Fsp3) is 0.650. The minimum atomic E-state index is -3.10. The second-order valence-corrected chi connectivity index (χ2v) is 9.42. The molecule has 0 radical (unpaired) electrons. The predicted molar refractivity (Wildman–Crippen MR) is 130 cm³/mol. The van der Waals surface area contributed by atoms with E-state index in [1.165, 1.54) is 5.56 Å². The van der Waals surface area contributed by atoms with E-state index in [1.54, 1.807) is 11.4 Å². The molecular formula is C20H35IN4O3S. The minimum Gasteiger partial charge on any atom is -0.489 e. The molecule has 1 unspecified atom stereocenters. The highest BCUT2D eigenvalue weighted by Gasteiger charge is 2.27. The van der Waals surface area contributed by atoms with Gasteiger partial charge in [-0.05, 0) is 50.8 Å². The van der Waals surface area contributed by atoms with Gasteiger partial charge in [-0.1, -0.05) is 19.1 Å². The Balaban J connectivity index is 0.00000420. The lowest BCUT2D eigenvalue weighted by molar-refractivity contribution is 0.223. The molecule has 29 heavy (non-hydrogen) atoms. The molecule has 1 atom stereocenters. The van der Waals surface area contributed by atoms with Crippen LogP contribution < -0.4 is 15.4 Å². The maximum atomic E-state index is 12.2. The molecule has 2 N–H and O–H groups in total. The fourth-order valence-corrected chi connectivity index (χ4v) is 4.80. The second kappa shape index (κ2) is 12.6. The summed E-state index contributed by atoms with van der Waals surface area (Å²) in [6.45, 7) is 7.69. The molecule has 1 heterocycles. The van der Waals surface area contributed by atoms with Gasteiger partial charge in [0.1, 0.15) is 11.9 Å². The van der Waals surface area contributed by atoms with Crippen LogP contribution in [-0.4, -0.2) is 63.3 Å². The van der Waals surface area contributed by atoms with Gasteiger partial charge in [0.25, 0.3) is 0 Å². The third kappa shape index (κ3) is 8.67. The molecule has 1 aliphatic heterocycles. The molecule has 0 amide bonds. The first-order valence-electron chi connectivity index (χ1n) is 10.0. The fourth-order valence-electron chi connectivity index (χ4n) is 3.26. The third-order valence-corrected chi connectivity index (χ3v) is 6.83. The number of ether oxygens (including phenoxy) is 1. The van der Waals surface area contributed by atoms with Crippen molar-refractivity contribution in [3.8, 4) is 5.75 Å². The number of aryl methyl sites for hydroxylation is 1. The predicted octanol–water partition coefficient (Wildman–Crippen LogP) is 2.75. The van der Waals surface area contributed by atoms with Crippen LogP contribution in [0.25, 0.3) is 0 Å². The Morgan fingerprint density at radius 1 is 1.34 bits per heavy atom. The summed E-state index contributed by atoms with van der Waals surface area (Å²) in [5, 5.41) is 6.69. The molecule has 0 aromatic heterocycles. The molecule has 1 aliphatic rings. The largest absolute Gasteiger partial charge is 0.489 e. The van der Waals surface area contributed by atoms with E-state index in [4.69, 9.17) is 4.74 Å². The molecule has 0 saturated carbocycles. The van der Waals surface area contributed by atoms with E-state index >= 15 is 0 Å². The maximum absolute atomic E-state index is 12.2. The number of aliphatic imine (C=N–C) groups is 1. The van der Waals surface area contributed by atoms with Crippen molar-refractivity contribution in [1.29, 1.82) is 0 Å². The van der Waals surface area contributed by atoms with Crippen molar-refractivity contribution in [2.24, 2.45) is 4.99 Å². The minimum absolute atomic E-state index is 0. The molecule has 0 spiro atoms. The number of hydrogen-bond donors (Lipinski definition) is 2. The first-order valence-corrected chi connectivity index (χ1v) is 11.6. The zero-order valence-electron chi connectivity index (χ0n) is 17.8. The van der Waals surface area contributed by atoms with Crippen LogP contribution in [0.15, 0.2) is 29.3 Å². The monoisotopic (exact) mass is 538 g/mol. The van der Waals surface area contributed by atoms with Gasteiger partial charge in [0.15, 0.2) is 5.96 Å².